The molecule has 1 unspecified atom stereocenters. The lowest BCUT2D eigenvalue weighted by molar-refractivity contribution is -0.134. The molecule has 5 nitrogen and oxygen atoms in total. The van der Waals surface area contributed by atoms with Gasteiger partial charge in [-0.25, -0.2) is 4.79 Å². The number of Topliss-reactive ketones (excluding diaryl/α,β-unsaturated/α-hetero) is 2. The first-order valence-corrected chi connectivity index (χ1v) is 7.14. The van der Waals surface area contributed by atoms with Crippen molar-refractivity contribution in [2.75, 3.05) is 13.1 Å². The largest absolute Gasteiger partial charge is 0.444 e. The number of rotatable bonds is 3. The van der Waals surface area contributed by atoms with E-state index in [2.05, 4.69) is 0 Å². The number of ketones is 2. The zero-order valence-electron chi connectivity index (χ0n) is 13.1. The number of hydrogen-bond donors (Lipinski definition) is 0. The molecule has 5 heteroatoms. The summed E-state index contributed by atoms with van der Waals surface area (Å²) in [5, 5.41) is 0. The van der Waals surface area contributed by atoms with E-state index in [1.165, 1.54) is 6.92 Å². The Morgan fingerprint density at radius 2 is 1.85 bits per heavy atom. The second-order valence-corrected chi connectivity index (χ2v) is 6.50. The molecule has 2 atom stereocenters. The minimum atomic E-state index is -0.585. The highest BCUT2D eigenvalue weighted by molar-refractivity contribution is 6.02. The second-order valence-electron chi connectivity index (χ2n) is 6.50. The molecule has 1 fully saturated rings. The van der Waals surface area contributed by atoms with Crippen LogP contribution in [0.4, 0.5) is 4.79 Å². The second kappa shape index (κ2) is 6.37. The minimum absolute atomic E-state index is 0.0641. The van der Waals surface area contributed by atoms with E-state index in [0.717, 1.165) is 12.8 Å². The molecule has 0 aliphatic carbocycles. The van der Waals surface area contributed by atoms with Gasteiger partial charge in [-0.3, -0.25) is 9.59 Å². The molecule has 0 N–H and O–H groups in total. The van der Waals surface area contributed by atoms with Crippen LogP contribution in [-0.2, 0) is 14.3 Å². The number of carbonyl (C=O) groups excluding carboxylic acids is 3. The van der Waals surface area contributed by atoms with Crippen LogP contribution < -0.4 is 0 Å². The first kappa shape index (κ1) is 16.7. The molecule has 0 saturated carbocycles. The average molecular weight is 283 g/mol. The third-order valence-electron chi connectivity index (χ3n) is 3.51. The standard InChI is InChI=1S/C15H25NO4/c1-10(11(2)17)13(18)12-7-6-8-16(9-12)14(19)20-15(3,4)5/h10,12H,6-9H2,1-5H3/t10?,12-/m0/s1. The van der Waals surface area contributed by atoms with Crippen LogP contribution in [0.25, 0.3) is 0 Å². The molecule has 1 aliphatic heterocycles. The molecule has 1 saturated heterocycles. The summed E-state index contributed by atoms with van der Waals surface area (Å²) < 4.78 is 5.32. The molecule has 1 rings (SSSR count). The van der Waals surface area contributed by atoms with Crippen LogP contribution in [-0.4, -0.2) is 41.3 Å². The molecule has 0 aromatic carbocycles. The first-order chi connectivity index (χ1) is 9.11. The van der Waals surface area contributed by atoms with Crippen molar-refractivity contribution in [2.45, 2.75) is 53.1 Å². The van der Waals surface area contributed by atoms with E-state index >= 15 is 0 Å². The van der Waals surface area contributed by atoms with E-state index in [1.54, 1.807) is 11.8 Å². The van der Waals surface area contributed by atoms with Gasteiger partial charge < -0.3 is 9.64 Å². The number of amides is 1. The Balaban J connectivity index is 2.65. The van der Waals surface area contributed by atoms with Gasteiger partial charge in [-0.2, -0.15) is 0 Å². The smallest absolute Gasteiger partial charge is 0.410 e. The van der Waals surface area contributed by atoms with Crippen LogP contribution >= 0.6 is 0 Å². The van der Waals surface area contributed by atoms with Gasteiger partial charge in [0.05, 0.1) is 5.92 Å². The third kappa shape index (κ3) is 4.62. The van der Waals surface area contributed by atoms with E-state index in [9.17, 15) is 14.4 Å². The van der Waals surface area contributed by atoms with Crippen molar-refractivity contribution >= 4 is 17.7 Å². The summed E-state index contributed by atoms with van der Waals surface area (Å²) in [5.74, 6) is -1.02. The molecule has 1 amide bonds. The predicted molar refractivity (Wildman–Crippen MR) is 75.4 cm³/mol. The molecule has 0 radical (unpaired) electrons. The maximum atomic E-state index is 12.2. The third-order valence-corrected chi connectivity index (χ3v) is 3.51. The fourth-order valence-corrected chi connectivity index (χ4v) is 2.26. The SMILES string of the molecule is CC(=O)C(C)C(=O)[C@H]1CCCN(C(=O)OC(C)(C)C)C1. The van der Waals surface area contributed by atoms with E-state index in [1.807, 2.05) is 20.8 Å². The Labute approximate surface area is 120 Å². The molecule has 0 aromatic heterocycles. The molecule has 0 aromatic rings. The van der Waals surface area contributed by atoms with Crippen molar-refractivity contribution in [3.05, 3.63) is 0 Å². The summed E-state index contributed by atoms with van der Waals surface area (Å²) in [6, 6.07) is 0. The normalized spacial score (nSPS) is 21.2. The first-order valence-electron chi connectivity index (χ1n) is 7.14. The Morgan fingerprint density at radius 1 is 1.25 bits per heavy atom. The monoisotopic (exact) mass is 283 g/mol. The van der Waals surface area contributed by atoms with Crippen molar-refractivity contribution in [1.29, 1.82) is 0 Å². The van der Waals surface area contributed by atoms with E-state index in [4.69, 9.17) is 4.74 Å². The van der Waals surface area contributed by atoms with Crippen LogP contribution in [0.5, 0.6) is 0 Å². The van der Waals surface area contributed by atoms with E-state index < -0.39 is 11.5 Å². The molecule has 0 bridgehead atoms. The maximum absolute atomic E-state index is 12.2. The topological polar surface area (TPSA) is 63.7 Å². The van der Waals surface area contributed by atoms with Gasteiger partial charge in [0, 0.05) is 19.0 Å². The van der Waals surface area contributed by atoms with Gasteiger partial charge in [0.1, 0.15) is 17.2 Å². The van der Waals surface area contributed by atoms with E-state index in [-0.39, 0.29) is 23.6 Å². The summed E-state index contributed by atoms with van der Waals surface area (Å²) in [7, 11) is 0. The Kier molecular flexibility index (Phi) is 5.31. The molecule has 1 heterocycles. The summed E-state index contributed by atoms with van der Waals surface area (Å²) in [6.07, 6.45) is 1.11. The zero-order chi connectivity index (χ0) is 15.5. The number of carbonyl (C=O) groups is 3. The number of piperidine rings is 1. The minimum Gasteiger partial charge on any atom is -0.444 e. The van der Waals surface area contributed by atoms with Crippen molar-refractivity contribution in [3.63, 3.8) is 0 Å². The fraction of sp³-hybridized carbons (Fsp3) is 0.800. The lowest BCUT2D eigenvalue weighted by atomic mass is 9.86. The Bertz CT molecular complexity index is 397. The van der Waals surface area contributed by atoms with Crippen molar-refractivity contribution in [2.24, 2.45) is 11.8 Å². The molecular formula is C15H25NO4. The molecule has 0 spiro atoms. The van der Waals surface area contributed by atoms with Gasteiger partial charge in [0.25, 0.3) is 0 Å². The van der Waals surface area contributed by atoms with Gasteiger partial charge >= 0.3 is 6.09 Å². The number of ether oxygens (including phenoxy) is 1. The van der Waals surface area contributed by atoms with Gasteiger partial charge in [0.2, 0.25) is 0 Å². The molecule has 114 valence electrons. The van der Waals surface area contributed by atoms with Crippen molar-refractivity contribution in [3.8, 4) is 0 Å². The number of likely N-dealkylation sites (tertiary alicyclic amines) is 1. The van der Waals surface area contributed by atoms with Gasteiger partial charge in [-0.05, 0) is 47.5 Å². The van der Waals surface area contributed by atoms with Crippen LogP contribution in [0.15, 0.2) is 0 Å². The van der Waals surface area contributed by atoms with Gasteiger partial charge in [-0.15, -0.1) is 0 Å². The highest BCUT2D eigenvalue weighted by Gasteiger charge is 2.33. The molecular weight excluding hydrogens is 258 g/mol. The summed E-state index contributed by atoms with van der Waals surface area (Å²) in [5.41, 5.74) is -0.541. The van der Waals surface area contributed by atoms with Crippen molar-refractivity contribution < 1.29 is 19.1 Å². The Hall–Kier alpha value is -1.39. The van der Waals surface area contributed by atoms with Crippen LogP contribution in [0.1, 0.15) is 47.5 Å². The fourth-order valence-electron chi connectivity index (χ4n) is 2.26. The summed E-state index contributed by atoms with van der Waals surface area (Å²) in [6.45, 7) is 9.46. The highest BCUT2D eigenvalue weighted by Crippen LogP contribution is 2.22. The van der Waals surface area contributed by atoms with E-state index in [0.29, 0.717) is 13.1 Å². The predicted octanol–water partition coefficient (Wildman–Crippen LogP) is 2.43. The summed E-state index contributed by atoms with van der Waals surface area (Å²) in [4.78, 5) is 37.1. The van der Waals surface area contributed by atoms with Gasteiger partial charge in [0.15, 0.2) is 0 Å². The quantitative estimate of drug-likeness (QED) is 0.746. The van der Waals surface area contributed by atoms with Crippen LogP contribution in [0.3, 0.4) is 0 Å². The number of nitrogens with zero attached hydrogens (tertiary/aromatic N) is 1. The van der Waals surface area contributed by atoms with Gasteiger partial charge in [-0.1, -0.05) is 0 Å². The maximum Gasteiger partial charge on any atom is 0.410 e. The molecule has 1 aliphatic rings. The van der Waals surface area contributed by atoms with Crippen LogP contribution in [0, 0.1) is 11.8 Å². The van der Waals surface area contributed by atoms with Crippen LogP contribution in [0.2, 0.25) is 0 Å². The summed E-state index contributed by atoms with van der Waals surface area (Å²) >= 11 is 0. The molecule has 20 heavy (non-hydrogen) atoms. The number of hydrogen-bond acceptors (Lipinski definition) is 4. The Morgan fingerprint density at radius 3 is 2.35 bits per heavy atom. The highest BCUT2D eigenvalue weighted by atomic mass is 16.6. The zero-order valence-corrected chi connectivity index (χ0v) is 13.1. The lowest BCUT2D eigenvalue weighted by Crippen LogP contribution is -2.45. The lowest BCUT2D eigenvalue weighted by Gasteiger charge is -2.34. The average Bonchev–Trinajstić information content (AvgIpc) is 2.35. The van der Waals surface area contributed by atoms with Crippen molar-refractivity contribution in [1.82, 2.24) is 4.90 Å².